The molecule has 0 amide bonds. The van der Waals surface area contributed by atoms with Crippen molar-refractivity contribution in [1.29, 1.82) is 0 Å². The van der Waals surface area contributed by atoms with E-state index in [-0.39, 0.29) is 12.1 Å². The highest BCUT2D eigenvalue weighted by atomic mass is 79.9. The molecule has 0 aromatic rings. The van der Waals surface area contributed by atoms with Crippen LogP contribution in [0.3, 0.4) is 0 Å². The highest BCUT2D eigenvalue weighted by Crippen LogP contribution is 2.68. The van der Waals surface area contributed by atoms with Gasteiger partial charge in [0.25, 0.3) is 0 Å². The molecule has 3 fully saturated rings. The van der Waals surface area contributed by atoms with Crippen LogP contribution < -0.4 is 0 Å². The summed E-state index contributed by atoms with van der Waals surface area (Å²) in [6.07, 6.45) is 15.4. The van der Waals surface area contributed by atoms with Crippen molar-refractivity contribution >= 4 is 21.9 Å². The van der Waals surface area contributed by atoms with Crippen LogP contribution in [0.5, 0.6) is 0 Å². The lowest BCUT2D eigenvalue weighted by atomic mass is 9.47. The molecule has 4 aliphatic rings. The van der Waals surface area contributed by atoms with Gasteiger partial charge in [0, 0.05) is 18.2 Å². The maximum absolute atomic E-state index is 11.5. The number of hydrogen-bond donors (Lipinski definition) is 0. The number of ether oxygens (including phenoxy) is 1. The molecule has 0 heterocycles. The molecule has 0 aromatic heterocycles. The molecule has 0 spiro atoms. The molecule has 2 nitrogen and oxygen atoms in total. The fourth-order valence-corrected chi connectivity index (χ4v) is 10.5. The third kappa shape index (κ3) is 4.38. The predicted octanol–water partition coefficient (Wildman–Crippen LogP) is 8.33. The van der Waals surface area contributed by atoms with Crippen molar-refractivity contribution in [3.05, 3.63) is 11.6 Å². The molecule has 0 bridgehead atoms. The fourth-order valence-electron chi connectivity index (χ4n) is 9.00. The van der Waals surface area contributed by atoms with Gasteiger partial charge in [0.05, 0.1) is 0 Å². The maximum Gasteiger partial charge on any atom is 0.302 e. The van der Waals surface area contributed by atoms with Crippen molar-refractivity contribution in [2.24, 2.45) is 46.3 Å². The minimum Gasteiger partial charge on any atom is -0.462 e. The van der Waals surface area contributed by atoms with E-state index in [4.69, 9.17) is 4.74 Å². The monoisotopic (exact) mass is 506 g/mol. The first-order chi connectivity index (χ1) is 15.1. The first kappa shape index (κ1) is 24.8. The summed E-state index contributed by atoms with van der Waals surface area (Å²) in [5.74, 6) is 4.83. The SMILES string of the molecule is CC(=O)O[C@H]1CC[C@@]2(C)C(=CC[C@H]3[C@@H]4CC(Br)[C@H]([C@H](C)CCCC(C)C)[C@@]4(C)CC[C@@H]32)C1. The number of hydrogen-bond acceptors (Lipinski definition) is 2. The molecule has 182 valence electrons. The van der Waals surface area contributed by atoms with E-state index in [1.807, 2.05) is 0 Å². The van der Waals surface area contributed by atoms with E-state index in [0.717, 1.165) is 48.3 Å². The highest BCUT2D eigenvalue weighted by Gasteiger charge is 2.61. The van der Waals surface area contributed by atoms with E-state index >= 15 is 0 Å². The maximum atomic E-state index is 11.5. The molecule has 0 aromatic carbocycles. The molecule has 0 N–H and O–H groups in total. The normalized spacial score (nSPS) is 44.3. The van der Waals surface area contributed by atoms with Crippen molar-refractivity contribution in [1.82, 2.24) is 0 Å². The van der Waals surface area contributed by atoms with Gasteiger partial charge >= 0.3 is 5.97 Å². The topological polar surface area (TPSA) is 26.3 Å². The molecule has 4 rings (SSSR count). The summed E-state index contributed by atoms with van der Waals surface area (Å²) in [5.41, 5.74) is 2.42. The molecule has 0 saturated heterocycles. The van der Waals surface area contributed by atoms with E-state index < -0.39 is 0 Å². The highest BCUT2D eigenvalue weighted by molar-refractivity contribution is 9.09. The summed E-state index contributed by atoms with van der Waals surface area (Å²) in [6, 6.07) is 0. The quantitative estimate of drug-likeness (QED) is 0.205. The Labute approximate surface area is 205 Å². The Morgan fingerprint density at radius 3 is 2.59 bits per heavy atom. The minimum absolute atomic E-state index is 0.103. The average molecular weight is 508 g/mol. The van der Waals surface area contributed by atoms with Crippen LogP contribution in [-0.4, -0.2) is 16.9 Å². The molecule has 0 aliphatic heterocycles. The summed E-state index contributed by atoms with van der Waals surface area (Å²) < 4.78 is 5.62. The van der Waals surface area contributed by atoms with Crippen molar-refractivity contribution in [3.8, 4) is 0 Å². The van der Waals surface area contributed by atoms with Crippen LogP contribution in [0.25, 0.3) is 0 Å². The van der Waals surface area contributed by atoms with Gasteiger partial charge in [-0.15, -0.1) is 0 Å². The Hall–Kier alpha value is -0.310. The smallest absolute Gasteiger partial charge is 0.302 e. The molecule has 3 saturated carbocycles. The molecular formula is C29H47BrO2. The summed E-state index contributed by atoms with van der Waals surface area (Å²) in [7, 11) is 0. The van der Waals surface area contributed by atoms with Crippen molar-refractivity contribution in [2.75, 3.05) is 0 Å². The lowest BCUT2D eigenvalue weighted by molar-refractivity contribution is -0.148. The zero-order chi connectivity index (χ0) is 23.3. The predicted molar refractivity (Wildman–Crippen MR) is 137 cm³/mol. The lowest BCUT2D eigenvalue weighted by Crippen LogP contribution is -2.51. The second kappa shape index (κ2) is 9.38. The molecule has 9 atom stereocenters. The standard InChI is InChI=1S/C29H47BrO2/c1-18(2)8-7-9-19(3)27-26(30)17-25-23-11-10-21-16-22(32-20(4)31)12-14-28(21,5)24(23)13-15-29(25,27)6/h10,18-19,22-27H,7-9,11-17H2,1-6H3/t19-,22+,23-,24+,25+,26?,27+,28+,29+/m1/s1. The van der Waals surface area contributed by atoms with Crippen molar-refractivity contribution < 1.29 is 9.53 Å². The van der Waals surface area contributed by atoms with Crippen molar-refractivity contribution in [2.45, 2.75) is 117 Å². The summed E-state index contributed by atoms with van der Waals surface area (Å²) >= 11 is 4.22. The summed E-state index contributed by atoms with van der Waals surface area (Å²) in [4.78, 5) is 12.2. The van der Waals surface area contributed by atoms with Gasteiger partial charge in [-0.25, -0.2) is 0 Å². The van der Waals surface area contributed by atoms with Gasteiger partial charge in [0.15, 0.2) is 0 Å². The number of halogens is 1. The Morgan fingerprint density at radius 2 is 1.91 bits per heavy atom. The second-order valence-electron chi connectivity index (χ2n) is 12.9. The number of rotatable bonds is 6. The first-order valence-corrected chi connectivity index (χ1v) is 14.5. The Balaban J connectivity index is 1.50. The number of alkyl halides is 1. The van der Waals surface area contributed by atoms with Crippen LogP contribution in [-0.2, 0) is 9.53 Å². The van der Waals surface area contributed by atoms with Gasteiger partial charge in [-0.1, -0.05) is 81.5 Å². The van der Waals surface area contributed by atoms with Gasteiger partial charge < -0.3 is 4.74 Å². The number of esters is 1. The van der Waals surface area contributed by atoms with E-state index in [2.05, 4.69) is 56.6 Å². The van der Waals surface area contributed by atoms with Crippen LogP contribution in [0.15, 0.2) is 11.6 Å². The molecule has 3 heteroatoms. The molecule has 0 radical (unpaired) electrons. The molecule has 32 heavy (non-hydrogen) atoms. The van der Waals surface area contributed by atoms with Gasteiger partial charge in [-0.2, -0.15) is 0 Å². The number of allylic oxidation sites excluding steroid dienone is 1. The number of fused-ring (bicyclic) bond motifs is 5. The van der Waals surface area contributed by atoms with Gasteiger partial charge in [0.1, 0.15) is 6.10 Å². The van der Waals surface area contributed by atoms with Crippen LogP contribution >= 0.6 is 15.9 Å². The second-order valence-corrected chi connectivity index (χ2v) is 14.0. The number of carbonyl (C=O) groups excluding carboxylic acids is 1. The van der Waals surface area contributed by atoms with Gasteiger partial charge in [-0.05, 0) is 84.9 Å². The van der Waals surface area contributed by atoms with E-state index in [9.17, 15) is 4.79 Å². The molecule has 1 unspecified atom stereocenters. The summed E-state index contributed by atoms with van der Waals surface area (Å²) in [5, 5.41) is 0. The van der Waals surface area contributed by atoms with E-state index in [1.165, 1.54) is 51.4 Å². The van der Waals surface area contributed by atoms with Crippen LogP contribution in [0, 0.1) is 46.3 Å². The van der Waals surface area contributed by atoms with Crippen LogP contribution in [0.4, 0.5) is 0 Å². The number of carbonyl (C=O) groups is 1. The fraction of sp³-hybridized carbons (Fsp3) is 0.897. The largest absolute Gasteiger partial charge is 0.462 e. The zero-order valence-electron chi connectivity index (χ0n) is 21.5. The third-order valence-corrected chi connectivity index (χ3v) is 11.5. The van der Waals surface area contributed by atoms with Crippen LogP contribution in [0.1, 0.15) is 106 Å². The lowest BCUT2D eigenvalue weighted by Gasteiger charge is -2.58. The average Bonchev–Trinajstić information content (AvgIpc) is 2.97. The third-order valence-electron chi connectivity index (χ3n) is 10.5. The first-order valence-electron chi connectivity index (χ1n) is 13.6. The van der Waals surface area contributed by atoms with Gasteiger partial charge in [-0.3, -0.25) is 4.79 Å². The van der Waals surface area contributed by atoms with E-state index in [0.29, 0.717) is 15.7 Å². The van der Waals surface area contributed by atoms with Crippen molar-refractivity contribution in [3.63, 3.8) is 0 Å². The molecular weight excluding hydrogens is 460 g/mol. The van der Waals surface area contributed by atoms with Gasteiger partial charge in [0.2, 0.25) is 0 Å². The summed E-state index contributed by atoms with van der Waals surface area (Å²) in [6.45, 7) is 14.0. The zero-order valence-corrected chi connectivity index (χ0v) is 23.0. The Morgan fingerprint density at radius 1 is 1.16 bits per heavy atom. The Bertz CT molecular complexity index is 729. The van der Waals surface area contributed by atoms with E-state index in [1.54, 1.807) is 12.5 Å². The van der Waals surface area contributed by atoms with Crippen LogP contribution in [0.2, 0.25) is 0 Å². The Kier molecular flexibility index (Phi) is 7.27. The molecule has 4 aliphatic carbocycles. The minimum atomic E-state index is -0.121.